The van der Waals surface area contributed by atoms with Crippen LogP contribution >= 0.6 is 0 Å². The van der Waals surface area contributed by atoms with E-state index in [0.717, 1.165) is 26.0 Å². The second kappa shape index (κ2) is 6.97. The molecule has 1 aliphatic heterocycles. The molecular weight excluding hydrogens is 216 g/mol. The quantitative estimate of drug-likeness (QED) is 0.716. The second-order valence-electron chi connectivity index (χ2n) is 5.15. The number of rotatable bonds is 6. The molecular formula is C13H26N2O2. The van der Waals surface area contributed by atoms with Crippen LogP contribution in [0.2, 0.25) is 0 Å². The smallest absolute Gasteiger partial charge is 0.222 e. The van der Waals surface area contributed by atoms with Gasteiger partial charge in [0.2, 0.25) is 5.91 Å². The summed E-state index contributed by atoms with van der Waals surface area (Å²) < 4.78 is 5.49. The van der Waals surface area contributed by atoms with Gasteiger partial charge in [0.1, 0.15) is 0 Å². The summed E-state index contributed by atoms with van der Waals surface area (Å²) in [6.07, 6.45) is 2.67. The Morgan fingerprint density at radius 2 is 2.24 bits per heavy atom. The molecule has 0 radical (unpaired) electrons. The first-order valence-electron chi connectivity index (χ1n) is 6.63. The molecule has 1 aliphatic rings. The van der Waals surface area contributed by atoms with E-state index in [9.17, 15) is 4.79 Å². The number of hydrogen-bond acceptors (Lipinski definition) is 3. The Hall–Kier alpha value is -0.610. The van der Waals surface area contributed by atoms with E-state index in [1.807, 2.05) is 18.9 Å². The molecule has 4 nitrogen and oxygen atoms in total. The lowest BCUT2D eigenvalue weighted by atomic mass is 10.1. The third kappa shape index (κ3) is 4.64. The minimum Gasteiger partial charge on any atom is -0.376 e. The van der Waals surface area contributed by atoms with Crippen LogP contribution in [0.15, 0.2) is 0 Å². The zero-order chi connectivity index (χ0) is 12.8. The summed E-state index contributed by atoms with van der Waals surface area (Å²) in [4.78, 5) is 13.8. The molecule has 0 aromatic rings. The summed E-state index contributed by atoms with van der Waals surface area (Å²) in [6, 6.07) is 0.756. The van der Waals surface area contributed by atoms with Crippen molar-refractivity contribution in [2.75, 3.05) is 20.2 Å². The molecule has 0 spiro atoms. The van der Waals surface area contributed by atoms with Crippen LogP contribution < -0.4 is 5.32 Å². The molecule has 2 atom stereocenters. The molecule has 1 amide bonds. The highest BCUT2D eigenvalue weighted by atomic mass is 16.5. The minimum atomic E-state index is 0.178. The van der Waals surface area contributed by atoms with Crippen molar-refractivity contribution in [3.63, 3.8) is 0 Å². The highest BCUT2D eigenvalue weighted by Gasteiger charge is 2.30. The van der Waals surface area contributed by atoms with Gasteiger partial charge >= 0.3 is 0 Å². The molecule has 1 N–H and O–H groups in total. The lowest BCUT2D eigenvalue weighted by Crippen LogP contribution is -2.41. The topological polar surface area (TPSA) is 41.6 Å². The third-order valence-corrected chi connectivity index (χ3v) is 3.35. The Morgan fingerprint density at radius 1 is 1.53 bits per heavy atom. The van der Waals surface area contributed by atoms with Crippen molar-refractivity contribution in [2.45, 2.75) is 58.2 Å². The number of nitrogens with zero attached hydrogens (tertiary/aromatic N) is 1. The van der Waals surface area contributed by atoms with Gasteiger partial charge in [0.15, 0.2) is 0 Å². The summed E-state index contributed by atoms with van der Waals surface area (Å²) in [7, 11) is 1.90. The van der Waals surface area contributed by atoms with Crippen molar-refractivity contribution in [2.24, 2.45) is 0 Å². The number of nitrogens with one attached hydrogen (secondary N) is 1. The lowest BCUT2D eigenvalue weighted by molar-refractivity contribution is -0.133. The fourth-order valence-electron chi connectivity index (χ4n) is 2.22. The second-order valence-corrected chi connectivity index (χ2v) is 5.15. The van der Waals surface area contributed by atoms with E-state index in [0.29, 0.717) is 12.5 Å². The van der Waals surface area contributed by atoms with Crippen LogP contribution in [0, 0.1) is 0 Å². The zero-order valence-corrected chi connectivity index (χ0v) is 11.5. The molecule has 1 fully saturated rings. The first-order chi connectivity index (χ1) is 8.02. The van der Waals surface area contributed by atoms with Gasteiger partial charge < -0.3 is 15.0 Å². The highest BCUT2D eigenvalue weighted by molar-refractivity contribution is 5.76. The number of hydrogen-bond donors (Lipinski definition) is 1. The van der Waals surface area contributed by atoms with Crippen molar-refractivity contribution >= 4 is 5.91 Å². The van der Waals surface area contributed by atoms with Gasteiger partial charge in [0.05, 0.1) is 12.1 Å². The largest absolute Gasteiger partial charge is 0.376 e. The Kier molecular flexibility index (Phi) is 5.92. The number of amides is 1. The van der Waals surface area contributed by atoms with Crippen LogP contribution in [0.5, 0.6) is 0 Å². The summed E-state index contributed by atoms with van der Waals surface area (Å²) in [5.41, 5.74) is 0. The van der Waals surface area contributed by atoms with Gasteiger partial charge in [-0.15, -0.1) is 0 Å². The normalized spacial score (nSPS) is 24.3. The maximum Gasteiger partial charge on any atom is 0.222 e. The molecule has 0 saturated carbocycles. The van der Waals surface area contributed by atoms with Gasteiger partial charge in [-0.3, -0.25) is 4.79 Å². The maximum absolute atomic E-state index is 12.0. The lowest BCUT2D eigenvalue weighted by Gasteiger charge is -2.26. The van der Waals surface area contributed by atoms with Gasteiger partial charge in [-0.05, 0) is 26.3 Å². The molecule has 1 heterocycles. The molecule has 4 heteroatoms. The molecule has 100 valence electrons. The van der Waals surface area contributed by atoms with Crippen LogP contribution in [0.4, 0.5) is 0 Å². The summed E-state index contributed by atoms with van der Waals surface area (Å²) in [5.74, 6) is 0.234. The third-order valence-electron chi connectivity index (χ3n) is 3.35. The maximum atomic E-state index is 12.0. The molecule has 0 aliphatic carbocycles. The monoisotopic (exact) mass is 242 g/mol. The Labute approximate surface area is 105 Å². The van der Waals surface area contributed by atoms with Crippen molar-refractivity contribution in [1.29, 1.82) is 0 Å². The molecule has 0 aromatic heterocycles. The van der Waals surface area contributed by atoms with Crippen molar-refractivity contribution < 1.29 is 9.53 Å². The van der Waals surface area contributed by atoms with E-state index >= 15 is 0 Å². The van der Waals surface area contributed by atoms with Crippen LogP contribution in [0.3, 0.4) is 0 Å². The van der Waals surface area contributed by atoms with Gasteiger partial charge in [-0.2, -0.15) is 0 Å². The predicted molar refractivity (Wildman–Crippen MR) is 69.0 cm³/mol. The van der Waals surface area contributed by atoms with Gasteiger partial charge in [0, 0.05) is 26.1 Å². The SMILES string of the molecule is CC(C)NCCCC(=O)N(C)C1CCOC1C. The van der Waals surface area contributed by atoms with Gasteiger partial charge in [-0.25, -0.2) is 0 Å². The first-order valence-corrected chi connectivity index (χ1v) is 6.63. The average molecular weight is 242 g/mol. The van der Waals surface area contributed by atoms with Crippen LogP contribution in [0.1, 0.15) is 40.0 Å². The van der Waals surface area contributed by atoms with Crippen molar-refractivity contribution in [3.05, 3.63) is 0 Å². The Morgan fingerprint density at radius 3 is 2.76 bits per heavy atom. The molecule has 0 aromatic carbocycles. The minimum absolute atomic E-state index is 0.178. The van der Waals surface area contributed by atoms with E-state index < -0.39 is 0 Å². The van der Waals surface area contributed by atoms with Crippen molar-refractivity contribution in [1.82, 2.24) is 10.2 Å². The predicted octanol–water partition coefficient (Wildman–Crippen LogP) is 1.40. The van der Waals surface area contributed by atoms with E-state index in [4.69, 9.17) is 4.74 Å². The Bertz CT molecular complexity index is 244. The highest BCUT2D eigenvalue weighted by Crippen LogP contribution is 2.18. The van der Waals surface area contributed by atoms with E-state index in [-0.39, 0.29) is 18.1 Å². The number of carbonyl (C=O) groups excluding carboxylic acids is 1. The van der Waals surface area contributed by atoms with E-state index in [2.05, 4.69) is 19.2 Å². The van der Waals surface area contributed by atoms with Gasteiger partial charge in [0.25, 0.3) is 0 Å². The van der Waals surface area contributed by atoms with Crippen LogP contribution in [0.25, 0.3) is 0 Å². The zero-order valence-electron chi connectivity index (χ0n) is 11.5. The van der Waals surface area contributed by atoms with Crippen LogP contribution in [-0.4, -0.2) is 49.2 Å². The average Bonchev–Trinajstić information content (AvgIpc) is 2.69. The number of ether oxygens (including phenoxy) is 1. The fourth-order valence-corrected chi connectivity index (χ4v) is 2.22. The molecule has 1 saturated heterocycles. The molecule has 1 rings (SSSR count). The standard InChI is InChI=1S/C13H26N2O2/c1-10(2)14-8-5-6-13(16)15(4)12-7-9-17-11(12)3/h10-12,14H,5-9H2,1-4H3. The van der Waals surface area contributed by atoms with E-state index in [1.165, 1.54) is 0 Å². The Balaban J connectivity index is 2.22. The fraction of sp³-hybridized carbons (Fsp3) is 0.923. The first kappa shape index (κ1) is 14.5. The van der Waals surface area contributed by atoms with E-state index in [1.54, 1.807) is 0 Å². The number of likely N-dealkylation sites (N-methyl/N-ethyl adjacent to an activating group) is 1. The molecule has 2 unspecified atom stereocenters. The summed E-state index contributed by atoms with van der Waals surface area (Å²) in [6.45, 7) is 7.96. The summed E-state index contributed by atoms with van der Waals surface area (Å²) >= 11 is 0. The molecule has 0 bridgehead atoms. The molecule has 17 heavy (non-hydrogen) atoms. The number of carbonyl (C=O) groups is 1. The van der Waals surface area contributed by atoms with Crippen LogP contribution in [-0.2, 0) is 9.53 Å². The van der Waals surface area contributed by atoms with Crippen molar-refractivity contribution in [3.8, 4) is 0 Å². The van der Waals surface area contributed by atoms with Gasteiger partial charge in [-0.1, -0.05) is 13.8 Å². The summed E-state index contributed by atoms with van der Waals surface area (Å²) in [5, 5.41) is 3.32.